The van der Waals surface area contributed by atoms with Crippen molar-refractivity contribution < 1.29 is 9.59 Å². The number of nitrogens with two attached hydrogens (primary N) is 1. The second kappa shape index (κ2) is 11.4. The van der Waals surface area contributed by atoms with Gasteiger partial charge >= 0.3 is 0 Å². The van der Waals surface area contributed by atoms with Crippen LogP contribution >= 0.6 is 24.8 Å². The number of hydrogen-bond donors (Lipinski definition) is 3. The molecule has 4 N–H and O–H groups in total. The molecule has 6 nitrogen and oxygen atoms in total. The number of nitrogens with zero attached hydrogens (tertiary/aromatic N) is 1. The lowest BCUT2D eigenvalue weighted by Crippen LogP contribution is -2.51. The summed E-state index contributed by atoms with van der Waals surface area (Å²) in [4.78, 5) is 27.8. The van der Waals surface area contributed by atoms with Gasteiger partial charge < -0.3 is 21.3 Å². The highest BCUT2D eigenvalue weighted by Gasteiger charge is 2.40. The Kier molecular flexibility index (Phi) is 9.46. The molecule has 3 aliphatic rings. The molecule has 3 atom stereocenters. The van der Waals surface area contributed by atoms with Crippen LogP contribution in [0.3, 0.4) is 0 Å². The van der Waals surface area contributed by atoms with Crippen LogP contribution in [-0.2, 0) is 9.59 Å². The zero-order chi connectivity index (χ0) is 20.4. The van der Waals surface area contributed by atoms with Crippen LogP contribution < -0.4 is 21.3 Å². The molecule has 3 unspecified atom stereocenters. The first-order valence-electron chi connectivity index (χ1n) is 11.2. The minimum absolute atomic E-state index is 0. The van der Waals surface area contributed by atoms with E-state index in [4.69, 9.17) is 5.73 Å². The fourth-order valence-electron chi connectivity index (χ4n) is 5.41. The molecule has 8 heteroatoms. The number of rotatable bonds is 5. The average Bonchev–Trinajstić information content (AvgIpc) is 3.22. The summed E-state index contributed by atoms with van der Waals surface area (Å²) >= 11 is 0. The Morgan fingerprint density at radius 3 is 2.35 bits per heavy atom. The summed E-state index contributed by atoms with van der Waals surface area (Å²) in [6.07, 6.45) is 7.63. The molecule has 4 rings (SSSR count). The molecular formula is C23H36Cl2N4O2. The van der Waals surface area contributed by atoms with E-state index in [9.17, 15) is 9.59 Å². The molecule has 31 heavy (non-hydrogen) atoms. The average molecular weight is 471 g/mol. The standard InChI is InChI=1S/C23H34N4O2.2ClH/c1-15(25-23(29)18-12-16-6-4-7-17(13-18)21(16)24)22(28)26-19-8-5-9-20(14-19)27-10-2-3-11-27;;/h5,8-9,14-18,21H,2-4,6-7,10-13,24H2,1H3,(H,25,29)(H,26,28);2*1H. The molecule has 0 aromatic heterocycles. The van der Waals surface area contributed by atoms with Gasteiger partial charge in [-0.3, -0.25) is 9.59 Å². The first kappa shape index (κ1) is 25.8. The van der Waals surface area contributed by atoms with E-state index in [1.807, 2.05) is 18.2 Å². The highest BCUT2D eigenvalue weighted by molar-refractivity contribution is 5.97. The first-order chi connectivity index (χ1) is 14.0. The molecule has 2 saturated carbocycles. The molecule has 1 saturated heterocycles. The number of halogens is 2. The Bertz CT molecular complexity index is 743. The van der Waals surface area contributed by atoms with Crippen LogP contribution in [0.15, 0.2) is 24.3 Å². The zero-order valence-electron chi connectivity index (χ0n) is 18.2. The normalized spacial score (nSPS) is 28.0. The van der Waals surface area contributed by atoms with Crippen molar-refractivity contribution in [3.05, 3.63) is 24.3 Å². The summed E-state index contributed by atoms with van der Waals surface area (Å²) in [7, 11) is 0. The summed E-state index contributed by atoms with van der Waals surface area (Å²) in [6.45, 7) is 3.89. The smallest absolute Gasteiger partial charge is 0.246 e. The lowest BCUT2D eigenvalue weighted by atomic mass is 9.65. The highest BCUT2D eigenvalue weighted by atomic mass is 35.5. The SMILES string of the molecule is CC(NC(=O)C1CC2CCCC(C1)C2N)C(=O)Nc1cccc(N2CCCC2)c1.Cl.Cl. The van der Waals surface area contributed by atoms with Crippen LogP contribution in [-0.4, -0.2) is 37.0 Å². The number of hydrogen-bond acceptors (Lipinski definition) is 4. The molecule has 2 amide bonds. The third-order valence-electron chi connectivity index (χ3n) is 7.12. The fourth-order valence-corrected chi connectivity index (χ4v) is 5.41. The molecule has 1 aromatic rings. The first-order valence-corrected chi connectivity index (χ1v) is 11.2. The van der Waals surface area contributed by atoms with Crippen molar-refractivity contribution in [3.8, 4) is 0 Å². The van der Waals surface area contributed by atoms with E-state index in [0.717, 1.165) is 50.1 Å². The molecule has 174 valence electrons. The number of benzene rings is 1. The van der Waals surface area contributed by atoms with Gasteiger partial charge in [-0.25, -0.2) is 0 Å². The van der Waals surface area contributed by atoms with Gasteiger partial charge in [0.15, 0.2) is 0 Å². The molecular weight excluding hydrogens is 435 g/mol. The maximum absolute atomic E-state index is 12.8. The van der Waals surface area contributed by atoms with E-state index in [0.29, 0.717) is 11.8 Å². The second-order valence-corrected chi connectivity index (χ2v) is 9.16. The van der Waals surface area contributed by atoms with Crippen LogP contribution in [0.5, 0.6) is 0 Å². The van der Waals surface area contributed by atoms with Gasteiger partial charge in [0.1, 0.15) is 6.04 Å². The summed E-state index contributed by atoms with van der Waals surface area (Å²) in [5.74, 6) is 0.720. The van der Waals surface area contributed by atoms with E-state index < -0.39 is 6.04 Å². The highest BCUT2D eigenvalue weighted by Crippen LogP contribution is 2.41. The molecule has 1 aliphatic heterocycles. The van der Waals surface area contributed by atoms with Crippen molar-refractivity contribution in [2.24, 2.45) is 23.5 Å². The number of carbonyl (C=O) groups is 2. The van der Waals surface area contributed by atoms with Crippen LogP contribution in [0, 0.1) is 17.8 Å². The Morgan fingerprint density at radius 2 is 1.71 bits per heavy atom. The van der Waals surface area contributed by atoms with Crippen LogP contribution in [0.25, 0.3) is 0 Å². The molecule has 1 heterocycles. The zero-order valence-corrected chi connectivity index (χ0v) is 19.9. The molecule has 0 spiro atoms. The van der Waals surface area contributed by atoms with E-state index in [1.165, 1.54) is 19.3 Å². The van der Waals surface area contributed by atoms with E-state index >= 15 is 0 Å². The van der Waals surface area contributed by atoms with Crippen molar-refractivity contribution in [2.75, 3.05) is 23.3 Å². The lowest BCUT2D eigenvalue weighted by molar-refractivity contribution is -0.131. The van der Waals surface area contributed by atoms with E-state index in [-0.39, 0.29) is 48.6 Å². The topological polar surface area (TPSA) is 87.5 Å². The third kappa shape index (κ3) is 6.05. The van der Waals surface area contributed by atoms with Gasteiger partial charge in [-0.15, -0.1) is 24.8 Å². The lowest BCUT2D eigenvalue weighted by Gasteiger charge is -2.43. The third-order valence-corrected chi connectivity index (χ3v) is 7.12. The minimum Gasteiger partial charge on any atom is -0.371 e. The largest absolute Gasteiger partial charge is 0.371 e. The van der Waals surface area contributed by atoms with Crippen LogP contribution in [0.4, 0.5) is 11.4 Å². The fraction of sp³-hybridized carbons (Fsp3) is 0.652. The number of anilines is 2. The number of nitrogens with one attached hydrogen (secondary N) is 2. The monoisotopic (exact) mass is 470 g/mol. The molecule has 2 aliphatic carbocycles. The van der Waals surface area contributed by atoms with Gasteiger partial charge in [0.2, 0.25) is 11.8 Å². The Labute approximate surface area is 197 Å². The van der Waals surface area contributed by atoms with Crippen LogP contribution in [0.1, 0.15) is 51.9 Å². The summed E-state index contributed by atoms with van der Waals surface area (Å²) in [5.41, 5.74) is 8.26. The van der Waals surface area contributed by atoms with Crippen molar-refractivity contribution in [2.45, 2.75) is 64.0 Å². The Balaban J connectivity index is 0.00000171. The minimum atomic E-state index is -0.562. The predicted molar refractivity (Wildman–Crippen MR) is 130 cm³/mol. The van der Waals surface area contributed by atoms with Gasteiger partial charge in [0, 0.05) is 36.4 Å². The van der Waals surface area contributed by atoms with Crippen molar-refractivity contribution in [1.82, 2.24) is 5.32 Å². The van der Waals surface area contributed by atoms with Crippen molar-refractivity contribution in [3.63, 3.8) is 0 Å². The number of fused-ring (bicyclic) bond motifs is 2. The molecule has 2 bridgehead atoms. The number of carbonyl (C=O) groups excluding carboxylic acids is 2. The van der Waals surface area contributed by atoms with Crippen molar-refractivity contribution >= 4 is 48.0 Å². The van der Waals surface area contributed by atoms with Crippen LogP contribution in [0.2, 0.25) is 0 Å². The molecule has 1 aromatic carbocycles. The predicted octanol–water partition coefficient (Wildman–Crippen LogP) is 3.73. The summed E-state index contributed by atoms with van der Waals surface area (Å²) in [5, 5.41) is 5.90. The van der Waals surface area contributed by atoms with Gasteiger partial charge in [0.05, 0.1) is 0 Å². The Morgan fingerprint density at radius 1 is 1.06 bits per heavy atom. The quantitative estimate of drug-likeness (QED) is 0.611. The van der Waals surface area contributed by atoms with Gasteiger partial charge in [-0.05, 0) is 75.5 Å². The molecule has 3 fully saturated rings. The van der Waals surface area contributed by atoms with Gasteiger partial charge in [-0.1, -0.05) is 12.5 Å². The summed E-state index contributed by atoms with van der Waals surface area (Å²) in [6, 6.07) is 7.65. The van der Waals surface area contributed by atoms with E-state index in [2.05, 4.69) is 21.6 Å². The van der Waals surface area contributed by atoms with Gasteiger partial charge in [0.25, 0.3) is 0 Å². The second-order valence-electron chi connectivity index (χ2n) is 9.16. The van der Waals surface area contributed by atoms with Gasteiger partial charge in [-0.2, -0.15) is 0 Å². The number of amides is 2. The van der Waals surface area contributed by atoms with Crippen molar-refractivity contribution in [1.29, 1.82) is 0 Å². The molecule has 0 radical (unpaired) electrons. The maximum Gasteiger partial charge on any atom is 0.246 e. The Hall–Kier alpha value is -1.50. The summed E-state index contributed by atoms with van der Waals surface area (Å²) < 4.78 is 0. The maximum atomic E-state index is 12.8. The van der Waals surface area contributed by atoms with E-state index in [1.54, 1.807) is 6.92 Å².